The van der Waals surface area contributed by atoms with Gasteiger partial charge in [0.2, 0.25) is 0 Å². The molecule has 1 aliphatic rings. The maximum absolute atomic E-state index is 12.2. The summed E-state index contributed by atoms with van der Waals surface area (Å²) in [5.41, 5.74) is 1.91. The second kappa shape index (κ2) is 6.62. The molecule has 2 amide bonds. The van der Waals surface area contributed by atoms with Crippen LogP contribution in [0.25, 0.3) is 11.0 Å². The first kappa shape index (κ1) is 15.9. The van der Waals surface area contributed by atoms with E-state index >= 15 is 0 Å². The van der Waals surface area contributed by atoms with Crippen molar-refractivity contribution in [1.29, 1.82) is 0 Å². The number of fused-ring (bicyclic) bond motifs is 1. The largest absolute Gasteiger partial charge is 0.459 e. The number of hydrogen-bond acceptors (Lipinski definition) is 3. The molecular formula is C18H24N2O3. The average Bonchev–Trinajstić information content (AvgIpc) is 2.87. The second-order valence-electron chi connectivity index (χ2n) is 6.43. The van der Waals surface area contributed by atoms with Gasteiger partial charge in [0.1, 0.15) is 11.3 Å². The Morgan fingerprint density at radius 3 is 2.65 bits per heavy atom. The standard InChI is InChI=1S/C18H24N2O3/c1-11-15-5-3-4-6-16(15)23-17(11)12(2)19-18(22)20-13-7-9-14(21)10-8-13/h3-6,12-14,21H,7-10H2,1-2H3,(H2,19,20,22). The van der Waals surface area contributed by atoms with E-state index in [2.05, 4.69) is 10.6 Å². The highest BCUT2D eigenvalue weighted by Gasteiger charge is 2.23. The van der Waals surface area contributed by atoms with Crippen LogP contribution >= 0.6 is 0 Å². The third-order valence-electron chi connectivity index (χ3n) is 4.65. The van der Waals surface area contributed by atoms with Crippen molar-refractivity contribution in [3.05, 3.63) is 35.6 Å². The number of carbonyl (C=O) groups is 1. The highest BCUT2D eigenvalue weighted by atomic mass is 16.3. The maximum atomic E-state index is 12.2. The lowest BCUT2D eigenvalue weighted by molar-refractivity contribution is 0.117. The molecule has 0 spiro atoms. The summed E-state index contributed by atoms with van der Waals surface area (Å²) in [5.74, 6) is 0.792. The maximum Gasteiger partial charge on any atom is 0.315 e. The van der Waals surface area contributed by atoms with Crippen LogP contribution in [0.3, 0.4) is 0 Å². The first-order valence-electron chi connectivity index (χ1n) is 8.27. The molecule has 3 N–H and O–H groups in total. The number of furan rings is 1. The van der Waals surface area contributed by atoms with E-state index in [4.69, 9.17) is 4.42 Å². The SMILES string of the molecule is Cc1c(C(C)NC(=O)NC2CCC(O)CC2)oc2ccccc12. The van der Waals surface area contributed by atoms with Crippen LogP contribution < -0.4 is 10.6 Å². The molecule has 1 saturated carbocycles. The Labute approximate surface area is 136 Å². The fraction of sp³-hybridized carbons (Fsp3) is 0.500. The fourth-order valence-corrected chi connectivity index (χ4v) is 3.32. The number of amides is 2. The lowest BCUT2D eigenvalue weighted by Gasteiger charge is -2.26. The van der Waals surface area contributed by atoms with E-state index in [0.29, 0.717) is 0 Å². The molecule has 2 aromatic rings. The Bertz CT molecular complexity index is 687. The van der Waals surface area contributed by atoms with Crippen molar-refractivity contribution in [2.45, 2.75) is 57.7 Å². The molecule has 0 bridgehead atoms. The molecule has 124 valence electrons. The zero-order valence-electron chi connectivity index (χ0n) is 13.6. The van der Waals surface area contributed by atoms with Crippen LogP contribution in [-0.4, -0.2) is 23.3 Å². The predicted octanol–water partition coefficient (Wildman–Crippen LogP) is 3.40. The van der Waals surface area contributed by atoms with Crippen LogP contribution in [0.4, 0.5) is 4.79 Å². The molecular weight excluding hydrogens is 292 g/mol. The molecule has 0 radical (unpaired) electrons. The summed E-state index contributed by atoms with van der Waals surface area (Å²) in [6, 6.07) is 7.65. The van der Waals surface area contributed by atoms with Gasteiger partial charge in [-0.2, -0.15) is 0 Å². The van der Waals surface area contributed by atoms with Crippen molar-refractivity contribution in [3.63, 3.8) is 0 Å². The first-order valence-corrected chi connectivity index (χ1v) is 8.27. The number of rotatable bonds is 3. The first-order chi connectivity index (χ1) is 11.0. The van der Waals surface area contributed by atoms with Crippen molar-refractivity contribution in [3.8, 4) is 0 Å². The number of nitrogens with one attached hydrogen (secondary N) is 2. The van der Waals surface area contributed by atoms with Gasteiger partial charge in [0.25, 0.3) is 0 Å². The van der Waals surface area contributed by atoms with E-state index in [9.17, 15) is 9.90 Å². The minimum Gasteiger partial charge on any atom is -0.459 e. The highest BCUT2D eigenvalue weighted by molar-refractivity contribution is 5.82. The third-order valence-corrected chi connectivity index (χ3v) is 4.65. The lowest BCUT2D eigenvalue weighted by Crippen LogP contribution is -2.44. The molecule has 1 aromatic carbocycles. The number of aryl methyl sites for hydroxylation is 1. The molecule has 3 rings (SSSR count). The van der Waals surface area contributed by atoms with Crippen LogP contribution in [0.2, 0.25) is 0 Å². The predicted molar refractivity (Wildman–Crippen MR) is 89.3 cm³/mol. The van der Waals surface area contributed by atoms with Gasteiger partial charge in [-0.3, -0.25) is 0 Å². The molecule has 1 aromatic heterocycles. The number of aliphatic hydroxyl groups excluding tert-OH is 1. The van der Waals surface area contributed by atoms with E-state index in [1.807, 2.05) is 38.1 Å². The zero-order valence-corrected chi connectivity index (χ0v) is 13.6. The van der Waals surface area contributed by atoms with Gasteiger partial charge in [-0.05, 0) is 45.6 Å². The molecule has 1 fully saturated rings. The topological polar surface area (TPSA) is 74.5 Å². The fourth-order valence-electron chi connectivity index (χ4n) is 3.32. The molecule has 1 aliphatic carbocycles. The van der Waals surface area contributed by atoms with E-state index in [1.54, 1.807) is 0 Å². The molecule has 0 aliphatic heterocycles. The summed E-state index contributed by atoms with van der Waals surface area (Å²) in [7, 11) is 0. The molecule has 5 nitrogen and oxygen atoms in total. The van der Waals surface area contributed by atoms with Gasteiger partial charge in [-0.25, -0.2) is 4.79 Å². The Balaban J connectivity index is 1.62. The van der Waals surface area contributed by atoms with Crippen molar-refractivity contribution in [1.82, 2.24) is 10.6 Å². The number of benzene rings is 1. The quantitative estimate of drug-likeness (QED) is 0.812. The number of carbonyl (C=O) groups excluding carboxylic acids is 1. The van der Waals surface area contributed by atoms with Gasteiger partial charge in [-0.15, -0.1) is 0 Å². The monoisotopic (exact) mass is 316 g/mol. The summed E-state index contributed by atoms with van der Waals surface area (Å²) in [5, 5.41) is 16.5. The summed E-state index contributed by atoms with van der Waals surface area (Å²) >= 11 is 0. The Morgan fingerprint density at radius 1 is 1.26 bits per heavy atom. The Morgan fingerprint density at radius 2 is 1.96 bits per heavy atom. The van der Waals surface area contributed by atoms with Gasteiger partial charge in [-0.1, -0.05) is 18.2 Å². The minimum absolute atomic E-state index is 0.141. The van der Waals surface area contributed by atoms with E-state index in [0.717, 1.165) is 48.0 Å². The van der Waals surface area contributed by atoms with Gasteiger partial charge in [0.05, 0.1) is 12.1 Å². The van der Waals surface area contributed by atoms with Gasteiger partial charge >= 0.3 is 6.03 Å². The molecule has 1 unspecified atom stereocenters. The zero-order chi connectivity index (χ0) is 16.4. The minimum atomic E-state index is -0.215. The number of urea groups is 1. The van der Waals surface area contributed by atoms with Crippen LogP contribution in [0.1, 0.15) is 50.0 Å². The summed E-state index contributed by atoms with van der Waals surface area (Å²) in [6.45, 7) is 3.94. The third kappa shape index (κ3) is 3.50. The van der Waals surface area contributed by atoms with Crippen LogP contribution in [0, 0.1) is 6.92 Å². The second-order valence-corrected chi connectivity index (χ2v) is 6.43. The van der Waals surface area contributed by atoms with Crippen molar-refractivity contribution in [2.75, 3.05) is 0 Å². The van der Waals surface area contributed by atoms with Gasteiger partial charge in [0.15, 0.2) is 0 Å². The van der Waals surface area contributed by atoms with E-state index in [-0.39, 0.29) is 24.2 Å². The summed E-state index contributed by atoms with van der Waals surface area (Å²) < 4.78 is 5.89. The Kier molecular flexibility index (Phi) is 4.57. The molecule has 5 heteroatoms. The number of hydrogen-bond donors (Lipinski definition) is 3. The van der Waals surface area contributed by atoms with Crippen LogP contribution in [0.15, 0.2) is 28.7 Å². The van der Waals surface area contributed by atoms with Crippen LogP contribution in [0.5, 0.6) is 0 Å². The number of aliphatic hydroxyl groups is 1. The average molecular weight is 316 g/mol. The van der Waals surface area contributed by atoms with Crippen molar-refractivity contribution >= 4 is 17.0 Å². The normalized spacial score (nSPS) is 22.7. The highest BCUT2D eigenvalue weighted by Crippen LogP contribution is 2.29. The lowest BCUT2D eigenvalue weighted by atomic mass is 9.93. The van der Waals surface area contributed by atoms with E-state index < -0.39 is 0 Å². The van der Waals surface area contributed by atoms with Gasteiger partial charge < -0.3 is 20.2 Å². The number of para-hydroxylation sites is 1. The smallest absolute Gasteiger partial charge is 0.315 e. The van der Waals surface area contributed by atoms with Crippen molar-refractivity contribution in [2.24, 2.45) is 0 Å². The van der Waals surface area contributed by atoms with Crippen molar-refractivity contribution < 1.29 is 14.3 Å². The summed E-state index contributed by atoms with van der Waals surface area (Å²) in [4.78, 5) is 12.2. The van der Waals surface area contributed by atoms with Gasteiger partial charge in [0, 0.05) is 17.0 Å². The summed E-state index contributed by atoms with van der Waals surface area (Å²) in [6.07, 6.45) is 2.94. The van der Waals surface area contributed by atoms with E-state index in [1.165, 1.54) is 0 Å². The Hall–Kier alpha value is -2.01. The molecule has 0 saturated heterocycles. The molecule has 23 heavy (non-hydrogen) atoms. The molecule has 1 heterocycles. The van der Waals surface area contributed by atoms with Crippen LogP contribution in [-0.2, 0) is 0 Å². The molecule has 1 atom stereocenters.